The minimum atomic E-state index is 0.270. The molecule has 0 amide bonds. The molecule has 1 aliphatic rings. The SMILES string of the molecule is C=C1CC(C)CCC(=O)c2cccc(C)c21. The molecule has 1 atom stereocenters. The summed E-state index contributed by atoms with van der Waals surface area (Å²) in [4.78, 5) is 12.1. The molecular weight excluding hydrogens is 196 g/mol. The summed E-state index contributed by atoms with van der Waals surface area (Å²) in [5, 5.41) is 0. The van der Waals surface area contributed by atoms with Gasteiger partial charge in [0.05, 0.1) is 0 Å². The van der Waals surface area contributed by atoms with E-state index in [0.29, 0.717) is 12.3 Å². The third-order valence-corrected chi connectivity index (χ3v) is 3.39. The Morgan fingerprint density at radius 1 is 1.38 bits per heavy atom. The highest BCUT2D eigenvalue weighted by Gasteiger charge is 2.20. The van der Waals surface area contributed by atoms with Gasteiger partial charge in [-0.05, 0) is 42.4 Å². The number of fused-ring (bicyclic) bond motifs is 1. The zero-order valence-corrected chi connectivity index (χ0v) is 10.0. The maximum atomic E-state index is 12.1. The van der Waals surface area contributed by atoms with Gasteiger partial charge >= 0.3 is 0 Å². The van der Waals surface area contributed by atoms with Crippen LogP contribution in [0.15, 0.2) is 24.8 Å². The molecule has 1 aliphatic carbocycles. The van der Waals surface area contributed by atoms with Crippen LogP contribution in [0.1, 0.15) is 47.7 Å². The summed E-state index contributed by atoms with van der Waals surface area (Å²) >= 11 is 0. The zero-order chi connectivity index (χ0) is 11.7. The first-order chi connectivity index (χ1) is 7.59. The second kappa shape index (κ2) is 4.25. The molecule has 0 fully saturated rings. The smallest absolute Gasteiger partial charge is 0.163 e. The highest BCUT2D eigenvalue weighted by Crippen LogP contribution is 2.32. The fourth-order valence-corrected chi connectivity index (χ4v) is 2.51. The molecule has 0 radical (unpaired) electrons. The molecule has 0 heterocycles. The predicted molar refractivity (Wildman–Crippen MR) is 67.6 cm³/mol. The molecule has 16 heavy (non-hydrogen) atoms. The molecular formula is C15H18O. The van der Waals surface area contributed by atoms with E-state index in [9.17, 15) is 4.79 Å². The lowest BCUT2D eigenvalue weighted by molar-refractivity contribution is 0.0973. The summed E-state index contributed by atoms with van der Waals surface area (Å²) < 4.78 is 0. The number of allylic oxidation sites excluding steroid dienone is 1. The monoisotopic (exact) mass is 214 g/mol. The maximum Gasteiger partial charge on any atom is 0.163 e. The average Bonchev–Trinajstić information content (AvgIpc) is 2.24. The van der Waals surface area contributed by atoms with Gasteiger partial charge in [-0.15, -0.1) is 0 Å². The number of rotatable bonds is 0. The second-order valence-corrected chi connectivity index (χ2v) is 4.87. The Morgan fingerprint density at radius 3 is 2.88 bits per heavy atom. The Bertz CT molecular complexity index is 443. The Kier molecular flexibility index (Phi) is 2.95. The minimum absolute atomic E-state index is 0.270. The Morgan fingerprint density at radius 2 is 2.12 bits per heavy atom. The molecule has 0 saturated carbocycles. The van der Waals surface area contributed by atoms with E-state index in [0.717, 1.165) is 29.5 Å². The van der Waals surface area contributed by atoms with Crippen LogP contribution in [-0.2, 0) is 0 Å². The van der Waals surface area contributed by atoms with Gasteiger partial charge in [0, 0.05) is 12.0 Å². The lowest BCUT2D eigenvalue weighted by Gasteiger charge is -2.21. The molecule has 0 spiro atoms. The highest BCUT2D eigenvalue weighted by molar-refractivity contribution is 6.01. The van der Waals surface area contributed by atoms with E-state index in [-0.39, 0.29) is 5.78 Å². The van der Waals surface area contributed by atoms with Crippen molar-refractivity contribution in [1.29, 1.82) is 0 Å². The van der Waals surface area contributed by atoms with Gasteiger partial charge in [0.15, 0.2) is 5.78 Å². The van der Waals surface area contributed by atoms with Crippen molar-refractivity contribution in [1.82, 2.24) is 0 Å². The van der Waals surface area contributed by atoms with Gasteiger partial charge in [-0.25, -0.2) is 0 Å². The number of Topliss-reactive ketones (excluding diaryl/α,β-unsaturated/α-hetero) is 1. The standard InChI is InChI=1S/C15H18O/c1-10-7-8-14(16)13-6-4-5-11(2)15(13)12(3)9-10/h4-6,10H,3,7-9H2,1-2H3. The molecule has 1 aromatic rings. The fourth-order valence-electron chi connectivity index (χ4n) is 2.51. The van der Waals surface area contributed by atoms with Crippen molar-refractivity contribution >= 4 is 11.4 Å². The van der Waals surface area contributed by atoms with E-state index < -0.39 is 0 Å². The van der Waals surface area contributed by atoms with Crippen LogP contribution in [0.3, 0.4) is 0 Å². The first-order valence-corrected chi connectivity index (χ1v) is 5.90. The van der Waals surface area contributed by atoms with E-state index in [1.54, 1.807) is 0 Å². The summed E-state index contributed by atoms with van der Waals surface area (Å²) in [6.07, 6.45) is 2.65. The van der Waals surface area contributed by atoms with Crippen molar-refractivity contribution in [2.24, 2.45) is 5.92 Å². The zero-order valence-electron chi connectivity index (χ0n) is 10.0. The van der Waals surface area contributed by atoms with Crippen molar-refractivity contribution in [3.05, 3.63) is 41.5 Å². The van der Waals surface area contributed by atoms with Gasteiger partial charge in [0.2, 0.25) is 0 Å². The molecule has 0 saturated heterocycles. The predicted octanol–water partition coefficient (Wildman–Crippen LogP) is 4.01. The number of aryl methyl sites for hydroxylation is 1. The largest absolute Gasteiger partial charge is 0.294 e. The van der Waals surface area contributed by atoms with Gasteiger partial charge in [-0.2, -0.15) is 0 Å². The van der Waals surface area contributed by atoms with Crippen molar-refractivity contribution in [2.45, 2.75) is 33.1 Å². The van der Waals surface area contributed by atoms with E-state index in [2.05, 4.69) is 26.5 Å². The maximum absolute atomic E-state index is 12.1. The van der Waals surface area contributed by atoms with Crippen LogP contribution in [-0.4, -0.2) is 5.78 Å². The van der Waals surface area contributed by atoms with Gasteiger partial charge in [0.25, 0.3) is 0 Å². The topological polar surface area (TPSA) is 17.1 Å². The molecule has 0 N–H and O–H groups in total. The van der Waals surface area contributed by atoms with Crippen LogP contribution < -0.4 is 0 Å². The van der Waals surface area contributed by atoms with Crippen LogP contribution in [0, 0.1) is 12.8 Å². The molecule has 1 nitrogen and oxygen atoms in total. The number of hydrogen-bond acceptors (Lipinski definition) is 1. The summed E-state index contributed by atoms with van der Waals surface area (Å²) in [6, 6.07) is 5.96. The summed E-state index contributed by atoms with van der Waals surface area (Å²) in [5.74, 6) is 0.829. The molecule has 1 aromatic carbocycles. The van der Waals surface area contributed by atoms with Gasteiger partial charge in [-0.1, -0.05) is 31.7 Å². The number of carbonyl (C=O) groups is 1. The van der Waals surface area contributed by atoms with Crippen molar-refractivity contribution in [3.8, 4) is 0 Å². The third-order valence-electron chi connectivity index (χ3n) is 3.39. The molecule has 0 bridgehead atoms. The molecule has 1 heteroatoms. The number of hydrogen-bond donors (Lipinski definition) is 0. The van der Waals surface area contributed by atoms with E-state index in [1.807, 2.05) is 12.1 Å². The second-order valence-electron chi connectivity index (χ2n) is 4.87. The van der Waals surface area contributed by atoms with Gasteiger partial charge in [0.1, 0.15) is 0 Å². The summed E-state index contributed by atoms with van der Waals surface area (Å²) in [5.41, 5.74) is 4.26. The minimum Gasteiger partial charge on any atom is -0.294 e. The summed E-state index contributed by atoms with van der Waals surface area (Å²) in [7, 11) is 0. The van der Waals surface area contributed by atoms with Gasteiger partial charge < -0.3 is 0 Å². The lowest BCUT2D eigenvalue weighted by Crippen LogP contribution is -2.11. The highest BCUT2D eigenvalue weighted by atomic mass is 16.1. The van der Waals surface area contributed by atoms with Crippen LogP contribution >= 0.6 is 0 Å². The quantitative estimate of drug-likeness (QED) is 0.637. The molecule has 0 aromatic heterocycles. The Hall–Kier alpha value is -1.37. The third kappa shape index (κ3) is 1.95. The first kappa shape index (κ1) is 11.1. The van der Waals surface area contributed by atoms with E-state index in [4.69, 9.17) is 0 Å². The van der Waals surface area contributed by atoms with Crippen molar-refractivity contribution in [2.75, 3.05) is 0 Å². The Balaban J connectivity index is 2.55. The van der Waals surface area contributed by atoms with E-state index in [1.165, 1.54) is 5.56 Å². The van der Waals surface area contributed by atoms with Crippen molar-refractivity contribution < 1.29 is 4.79 Å². The van der Waals surface area contributed by atoms with Gasteiger partial charge in [-0.3, -0.25) is 4.79 Å². The van der Waals surface area contributed by atoms with Crippen LogP contribution in [0.2, 0.25) is 0 Å². The van der Waals surface area contributed by atoms with Crippen LogP contribution in [0.25, 0.3) is 5.57 Å². The lowest BCUT2D eigenvalue weighted by atomic mass is 9.83. The molecule has 0 aliphatic heterocycles. The van der Waals surface area contributed by atoms with Crippen molar-refractivity contribution in [3.63, 3.8) is 0 Å². The van der Waals surface area contributed by atoms with Crippen LogP contribution in [0.4, 0.5) is 0 Å². The first-order valence-electron chi connectivity index (χ1n) is 5.90. The number of benzene rings is 1. The number of ketones is 1. The molecule has 84 valence electrons. The summed E-state index contributed by atoms with van der Waals surface area (Å²) in [6.45, 7) is 8.41. The van der Waals surface area contributed by atoms with E-state index >= 15 is 0 Å². The normalized spacial score (nSPS) is 21.2. The average molecular weight is 214 g/mol. The number of carbonyl (C=O) groups excluding carboxylic acids is 1. The Labute approximate surface area is 97.2 Å². The molecule has 1 unspecified atom stereocenters. The van der Waals surface area contributed by atoms with Crippen LogP contribution in [0.5, 0.6) is 0 Å². The molecule has 2 rings (SSSR count). The fraction of sp³-hybridized carbons (Fsp3) is 0.400.